The molecule has 3 unspecified atom stereocenters. The summed E-state index contributed by atoms with van der Waals surface area (Å²) in [6.07, 6.45) is 3.64. The van der Waals surface area contributed by atoms with Crippen molar-refractivity contribution in [2.45, 2.75) is 51.9 Å². The number of carbonyl (C=O) groups excluding carboxylic acids is 1. The molecule has 0 saturated carbocycles. The maximum Gasteiger partial charge on any atom is 0.410 e. The van der Waals surface area contributed by atoms with E-state index in [4.69, 9.17) is 4.74 Å². The third-order valence-corrected chi connectivity index (χ3v) is 5.86. The lowest BCUT2D eigenvalue weighted by Gasteiger charge is -2.34. The number of ether oxygens (including phenoxy) is 1. The van der Waals surface area contributed by atoms with Crippen molar-refractivity contribution in [3.8, 4) is 0 Å². The zero-order valence-electron chi connectivity index (χ0n) is 18.2. The number of aromatic nitrogens is 1. The summed E-state index contributed by atoms with van der Waals surface area (Å²) >= 11 is 0. The van der Waals surface area contributed by atoms with Crippen molar-refractivity contribution in [2.75, 3.05) is 24.5 Å². The molecule has 1 aromatic heterocycles. The van der Waals surface area contributed by atoms with E-state index in [1.54, 1.807) is 6.20 Å². The van der Waals surface area contributed by atoms with E-state index >= 15 is 0 Å². The quantitative estimate of drug-likeness (QED) is 0.832. The summed E-state index contributed by atoms with van der Waals surface area (Å²) in [6.45, 7) is 10.1. The minimum absolute atomic E-state index is 0.143. The predicted octanol–water partition coefficient (Wildman–Crippen LogP) is 3.92. The van der Waals surface area contributed by atoms with Gasteiger partial charge in [0.05, 0.1) is 17.9 Å². The number of nitrogens with zero attached hydrogens (tertiary/aromatic N) is 3. The Bertz CT molecular complexity index is 907. The smallest absolute Gasteiger partial charge is 0.410 e. The Balaban J connectivity index is 1.49. The molecule has 1 amide bonds. The number of fused-ring (bicyclic) bond motifs is 2. The minimum atomic E-state index is -0.710. The summed E-state index contributed by atoms with van der Waals surface area (Å²) in [7, 11) is 0. The molecule has 2 bridgehead atoms. The van der Waals surface area contributed by atoms with Crippen LogP contribution in [0.25, 0.3) is 0 Å². The number of piperidine rings is 1. The van der Waals surface area contributed by atoms with Crippen LogP contribution >= 0.6 is 0 Å². The Morgan fingerprint density at radius 3 is 2.57 bits per heavy atom. The number of aryl methyl sites for hydroxylation is 1. The van der Waals surface area contributed by atoms with Crippen molar-refractivity contribution < 1.29 is 14.6 Å². The molecule has 3 heterocycles. The first-order chi connectivity index (χ1) is 14.2. The molecule has 1 N–H and O–H groups in total. The molecule has 30 heavy (non-hydrogen) atoms. The van der Waals surface area contributed by atoms with Crippen LogP contribution in [-0.4, -0.2) is 52.4 Å². The molecule has 6 heteroatoms. The summed E-state index contributed by atoms with van der Waals surface area (Å²) in [6, 6.07) is 10.1. The van der Waals surface area contributed by atoms with Gasteiger partial charge in [0.15, 0.2) is 0 Å². The zero-order valence-corrected chi connectivity index (χ0v) is 18.2. The topological polar surface area (TPSA) is 65.9 Å². The van der Waals surface area contributed by atoms with Gasteiger partial charge in [0.1, 0.15) is 11.7 Å². The van der Waals surface area contributed by atoms with E-state index in [9.17, 15) is 9.90 Å². The average Bonchev–Trinajstić information content (AvgIpc) is 3.00. The Kier molecular flexibility index (Phi) is 5.45. The number of amides is 1. The van der Waals surface area contributed by atoms with Crippen molar-refractivity contribution in [1.29, 1.82) is 0 Å². The SMILES string of the molecule is Cc1ccc(C(O)c2cncc(N3CC4CC(C3)N(C(=O)OC(C)(C)C)C4)c2)cc1. The number of rotatable bonds is 3. The van der Waals surface area contributed by atoms with Crippen LogP contribution in [-0.2, 0) is 4.74 Å². The third kappa shape index (κ3) is 4.43. The van der Waals surface area contributed by atoms with Gasteiger partial charge in [-0.3, -0.25) is 4.98 Å². The van der Waals surface area contributed by atoms with E-state index in [-0.39, 0.29) is 12.1 Å². The number of pyridine rings is 1. The second-order valence-corrected chi connectivity index (χ2v) is 9.58. The van der Waals surface area contributed by atoms with E-state index in [0.717, 1.165) is 48.4 Å². The maximum atomic E-state index is 12.6. The summed E-state index contributed by atoms with van der Waals surface area (Å²) in [4.78, 5) is 21.2. The van der Waals surface area contributed by atoms with Gasteiger partial charge in [-0.2, -0.15) is 0 Å². The largest absolute Gasteiger partial charge is 0.444 e. The first-order valence-electron chi connectivity index (χ1n) is 10.6. The van der Waals surface area contributed by atoms with Crippen molar-refractivity contribution in [1.82, 2.24) is 9.88 Å². The van der Waals surface area contributed by atoms with Gasteiger partial charge in [-0.25, -0.2) is 4.79 Å². The first kappa shape index (κ1) is 20.7. The molecule has 3 atom stereocenters. The van der Waals surface area contributed by atoms with Crippen LogP contribution in [0.15, 0.2) is 42.7 Å². The molecule has 2 saturated heterocycles. The average molecular weight is 410 g/mol. The summed E-state index contributed by atoms with van der Waals surface area (Å²) < 4.78 is 5.60. The highest BCUT2D eigenvalue weighted by Crippen LogP contribution is 2.34. The molecule has 2 aromatic rings. The van der Waals surface area contributed by atoms with Crippen LogP contribution in [0, 0.1) is 12.8 Å². The van der Waals surface area contributed by atoms with Crippen molar-refractivity contribution in [2.24, 2.45) is 5.92 Å². The molecule has 160 valence electrons. The van der Waals surface area contributed by atoms with Gasteiger partial charge >= 0.3 is 6.09 Å². The fourth-order valence-electron chi connectivity index (χ4n) is 4.42. The summed E-state index contributed by atoms with van der Waals surface area (Å²) in [5.41, 5.74) is 3.29. The Morgan fingerprint density at radius 2 is 1.87 bits per heavy atom. The molecule has 2 fully saturated rings. The number of hydrogen-bond donors (Lipinski definition) is 1. The number of hydrogen-bond acceptors (Lipinski definition) is 5. The Labute approximate surface area is 178 Å². The molecule has 0 radical (unpaired) electrons. The minimum Gasteiger partial charge on any atom is -0.444 e. The van der Waals surface area contributed by atoms with Crippen LogP contribution < -0.4 is 4.90 Å². The molecule has 0 aliphatic carbocycles. The molecular weight excluding hydrogens is 378 g/mol. The highest BCUT2D eigenvalue weighted by molar-refractivity contribution is 5.69. The van der Waals surface area contributed by atoms with Crippen LogP contribution in [0.1, 0.15) is 50.0 Å². The van der Waals surface area contributed by atoms with Gasteiger partial charge in [-0.05, 0) is 51.7 Å². The normalized spacial score (nSPS) is 22.2. The fraction of sp³-hybridized carbons (Fsp3) is 0.500. The number of aliphatic hydroxyl groups excluding tert-OH is 1. The van der Waals surface area contributed by atoms with E-state index in [1.165, 1.54) is 0 Å². The third-order valence-electron chi connectivity index (χ3n) is 5.86. The first-order valence-corrected chi connectivity index (χ1v) is 10.6. The van der Waals surface area contributed by atoms with Crippen LogP contribution in [0.5, 0.6) is 0 Å². The molecule has 2 aliphatic rings. The van der Waals surface area contributed by atoms with Gasteiger partial charge in [-0.1, -0.05) is 29.8 Å². The Morgan fingerprint density at radius 1 is 1.13 bits per heavy atom. The van der Waals surface area contributed by atoms with E-state index in [2.05, 4.69) is 9.88 Å². The summed E-state index contributed by atoms with van der Waals surface area (Å²) in [5, 5.41) is 10.8. The number of likely N-dealkylation sites (tertiary alicyclic amines) is 1. The monoisotopic (exact) mass is 409 g/mol. The fourth-order valence-corrected chi connectivity index (χ4v) is 4.42. The standard InChI is InChI=1S/C24H31N3O3/c1-16-5-7-18(8-6-16)22(28)19-10-20(12-25-11-19)26-13-17-9-21(15-26)27(14-17)23(29)30-24(2,3)4/h5-8,10-12,17,21-22,28H,9,13-15H2,1-4H3. The van der Waals surface area contributed by atoms with Crippen LogP contribution in [0.3, 0.4) is 0 Å². The molecule has 2 aliphatic heterocycles. The molecule has 0 spiro atoms. The van der Waals surface area contributed by atoms with Crippen molar-refractivity contribution in [3.63, 3.8) is 0 Å². The lowest BCUT2D eigenvalue weighted by atomic mass is 9.98. The van der Waals surface area contributed by atoms with E-state index in [1.807, 2.05) is 69.1 Å². The van der Waals surface area contributed by atoms with Gasteiger partial charge in [-0.15, -0.1) is 0 Å². The zero-order chi connectivity index (χ0) is 21.5. The second kappa shape index (κ2) is 7.91. The van der Waals surface area contributed by atoms with Crippen LogP contribution in [0.4, 0.5) is 10.5 Å². The predicted molar refractivity (Wildman–Crippen MR) is 117 cm³/mol. The Hall–Kier alpha value is -2.60. The van der Waals surface area contributed by atoms with Crippen molar-refractivity contribution >= 4 is 11.8 Å². The number of carbonyl (C=O) groups is 1. The van der Waals surface area contributed by atoms with E-state index < -0.39 is 11.7 Å². The molecule has 1 aromatic carbocycles. The highest BCUT2D eigenvalue weighted by atomic mass is 16.6. The van der Waals surface area contributed by atoms with Gasteiger partial charge in [0, 0.05) is 31.4 Å². The van der Waals surface area contributed by atoms with Gasteiger partial charge in [0.2, 0.25) is 0 Å². The van der Waals surface area contributed by atoms with Crippen molar-refractivity contribution in [3.05, 3.63) is 59.4 Å². The van der Waals surface area contributed by atoms with Gasteiger partial charge in [0.25, 0.3) is 0 Å². The second-order valence-electron chi connectivity index (χ2n) is 9.58. The lowest BCUT2D eigenvalue weighted by Crippen LogP contribution is -2.45. The maximum absolute atomic E-state index is 12.6. The number of benzene rings is 1. The van der Waals surface area contributed by atoms with Gasteiger partial charge < -0.3 is 19.6 Å². The van der Waals surface area contributed by atoms with Crippen LogP contribution in [0.2, 0.25) is 0 Å². The summed E-state index contributed by atoms with van der Waals surface area (Å²) in [5.74, 6) is 0.418. The lowest BCUT2D eigenvalue weighted by molar-refractivity contribution is 0.0233. The number of aliphatic hydroxyl groups is 1. The molecular formula is C24H31N3O3. The number of anilines is 1. The molecule has 6 nitrogen and oxygen atoms in total. The highest BCUT2D eigenvalue weighted by Gasteiger charge is 2.42. The molecule has 4 rings (SSSR count). The van der Waals surface area contributed by atoms with E-state index in [0.29, 0.717) is 5.92 Å².